The van der Waals surface area contributed by atoms with Gasteiger partial charge in [0.2, 0.25) is 0 Å². The van der Waals surface area contributed by atoms with E-state index in [1.54, 1.807) is 0 Å². The highest BCUT2D eigenvalue weighted by Gasteiger charge is 2.03. The predicted octanol–water partition coefficient (Wildman–Crippen LogP) is 4.19. The Morgan fingerprint density at radius 3 is 2.27 bits per heavy atom. The molecule has 0 heterocycles. The van der Waals surface area contributed by atoms with Crippen LogP contribution in [0.3, 0.4) is 0 Å². The molecular weight excluding hydrogens is 270 g/mol. The summed E-state index contributed by atoms with van der Waals surface area (Å²) in [6.45, 7) is 1.69. The van der Waals surface area contributed by atoms with Crippen LogP contribution in [0.5, 0.6) is 5.75 Å². The summed E-state index contributed by atoms with van der Waals surface area (Å²) in [5, 5.41) is 0. The second kappa shape index (κ2) is 9.26. The number of aryl methyl sites for hydroxylation is 2. The maximum Gasteiger partial charge on any atom is 0.122 e. The van der Waals surface area contributed by atoms with Gasteiger partial charge in [-0.1, -0.05) is 48.5 Å². The molecule has 2 aromatic carbocycles. The SMILES string of the molecule is CN(C)CCOc1ccccc1CCCCc1ccccc1. The summed E-state index contributed by atoms with van der Waals surface area (Å²) in [4.78, 5) is 2.14. The van der Waals surface area contributed by atoms with Gasteiger partial charge in [0, 0.05) is 6.54 Å². The van der Waals surface area contributed by atoms with Crippen LogP contribution < -0.4 is 4.74 Å². The van der Waals surface area contributed by atoms with Gasteiger partial charge in [-0.15, -0.1) is 0 Å². The summed E-state index contributed by atoms with van der Waals surface area (Å²) in [6, 6.07) is 19.1. The van der Waals surface area contributed by atoms with Gasteiger partial charge in [-0.05, 0) is 57.0 Å². The molecule has 2 nitrogen and oxygen atoms in total. The van der Waals surface area contributed by atoms with Gasteiger partial charge in [0.05, 0.1) is 0 Å². The van der Waals surface area contributed by atoms with Gasteiger partial charge < -0.3 is 9.64 Å². The molecule has 0 aliphatic heterocycles. The molecule has 0 amide bonds. The average molecular weight is 297 g/mol. The van der Waals surface area contributed by atoms with Crippen LogP contribution in [0.15, 0.2) is 54.6 Å². The second-order valence-electron chi connectivity index (χ2n) is 5.95. The van der Waals surface area contributed by atoms with Gasteiger partial charge in [0.15, 0.2) is 0 Å². The molecule has 0 unspecified atom stereocenters. The molecule has 0 bridgehead atoms. The normalized spacial score (nSPS) is 10.9. The monoisotopic (exact) mass is 297 g/mol. The van der Waals surface area contributed by atoms with E-state index < -0.39 is 0 Å². The number of benzene rings is 2. The minimum absolute atomic E-state index is 0.744. The fraction of sp³-hybridized carbons (Fsp3) is 0.400. The Labute approximate surface area is 134 Å². The Balaban J connectivity index is 1.77. The van der Waals surface area contributed by atoms with Crippen LogP contribution in [-0.4, -0.2) is 32.1 Å². The standard InChI is InChI=1S/C20H27NO/c1-21(2)16-17-22-20-15-9-8-14-19(20)13-7-6-12-18-10-4-3-5-11-18/h3-5,8-11,14-15H,6-7,12-13,16-17H2,1-2H3. The van der Waals surface area contributed by atoms with Gasteiger partial charge in [-0.25, -0.2) is 0 Å². The molecule has 0 N–H and O–H groups in total. The number of hydrogen-bond acceptors (Lipinski definition) is 2. The molecule has 2 rings (SSSR count). The number of nitrogens with zero attached hydrogens (tertiary/aromatic N) is 1. The summed E-state index contributed by atoms with van der Waals surface area (Å²) in [5.74, 6) is 1.05. The zero-order chi connectivity index (χ0) is 15.6. The number of ether oxygens (including phenoxy) is 1. The molecule has 0 fully saturated rings. The van der Waals surface area contributed by atoms with Crippen molar-refractivity contribution in [2.45, 2.75) is 25.7 Å². The van der Waals surface area contributed by atoms with Gasteiger partial charge in [0.25, 0.3) is 0 Å². The summed E-state index contributed by atoms with van der Waals surface area (Å²) in [6.07, 6.45) is 4.66. The zero-order valence-corrected chi connectivity index (χ0v) is 13.8. The topological polar surface area (TPSA) is 12.5 Å². The molecule has 0 atom stereocenters. The zero-order valence-electron chi connectivity index (χ0n) is 13.8. The minimum Gasteiger partial charge on any atom is -0.492 e. The first kappa shape index (κ1) is 16.6. The van der Waals surface area contributed by atoms with Crippen LogP contribution in [0.1, 0.15) is 24.0 Å². The maximum atomic E-state index is 5.92. The van der Waals surface area contributed by atoms with Crippen molar-refractivity contribution >= 4 is 0 Å². The van der Waals surface area contributed by atoms with Crippen molar-refractivity contribution in [2.75, 3.05) is 27.2 Å². The summed E-state index contributed by atoms with van der Waals surface area (Å²) in [5.41, 5.74) is 2.76. The van der Waals surface area contributed by atoms with E-state index in [2.05, 4.69) is 73.6 Å². The molecule has 0 aromatic heterocycles. The number of rotatable bonds is 9. The summed E-state index contributed by atoms with van der Waals surface area (Å²) in [7, 11) is 4.14. The second-order valence-corrected chi connectivity index (χ2v) is 5.95. The fourth-order valence-corrected chi connectivity index (χ4v) is 2.48. The van der Waals surface area contributed by atoms with Crippen LogP contribution in [0.25, 0.3) is 0 Å². The van der Waals surface area contributed by atoms with Gasteiger partial charge in [-0.2, -0.15) is 0 Å². The first-order chi connectivity index (χ1) is 10.8. The lowest BCUT2D eigenvalue weighted by Crippen LogP contribution is -2.19. The first-order valence-electron chi connectivity index (χ1n) is 8.15. The van der Waals surface area contributed by atoms with E-state index in [0.29, 0.717) is 0 Å². The lowest BCUT2D eigenvalue weighted by molar-refractivity contribution is 0.259. The maximum absolute atomic E-state index is 5.92. The third-order valence-corrected chi connectivity index (χ3v) is 3.77. The third kappa shape index (κ3) is 5.90. The van der Waals surface area contributed by atoms with E-state index in [4.69, 9.17) is 4.74 Å². The van der Waals surface area contributed by atoms with Crippen LogP contribution in [0.2, 0.25) is 0 Å². The van der Waals surface area contributed by atoms with E-state index in [1.165, 1.54) is 24.0 Å². The Morgan fingerprint density at radius 2 is 1.50 bits per heavy atom. The van der Waals surface area contributed by atoms with Gasteiger partial charge >= 0.3 is 0 Å². The molecule has 0 aliphatic rings. The number of hydrogen-bond donors (Lipinski definition) is 0. The van der Waals surface area contributed by atoms with Crippen molar-refractivity contribution in [3.8, 4) is 5.75 Å². The fourth-order valence-electron chi connectivity index (χ4n) is 2.48. The Bertz CT molecular complexity index is 536. The Kier molecular flexibility index (Phi) is 6.98. The highest BCUT2D eigenvalue weighted by molar-refractivity contribution is 5.33. The van der Waals surface area contributed by atoms with E-state index >= 15 is 0 Å². The lowest BCUT2D eigenvalue weighted by atomic mass is 10.0. The summed E-state index contributed by atoms with van der Waals surface area (Å²) < 4.78 is 5.92. The van der Waals surface area contributed by atoms with Gasteiger partial charge in [0.1, 0.15) is 12.4 Å². The minimum atomic E-state index is 0.744. The largest absolute Gasteiger partial charge is 0.492 e. The van der Waals surface area contributed by atoms with Crippen molar-refractivity contribution < 1.29 is 4.74 Å². The van der Waals surface area contributed by atoms with E-state index in [1.807, 2.05) is 0 Å². The third-order valence-electron chi connectivity index (χ3n) is 3.77. The Morgan fingerprint density at radius 1 is 0.818 bits per heavy atom. The molecule has 0 spiro atoms. The molecule has 0 saturated carbocycles. The molecule has 2 aromatic rings. The van der Waals surface area contributed by atoms with Crippen molar-refractivity contribution in [3.05, 3.63) is 65.7 Å². The van der Waals surface area contributed by atoms with Crippen LogP contribution in [0, 0.1) is 0 Å². The molecule has 0 saturated heterocycles. The lowest BCUT2D eigenvalue weighted by Gasteiger charge is -2.14. The number of unbranched alkanes of at least 4 members (excludes halogenated alkanes) is 1. The molecule has 118 valence electrons. The average Bonchev–Trinajstić information content (AvgIpc) is 2.53. The molecular formula is C20H27NO. The van der Waals surface area contributed by atoms with E-state index in [9.17, 15) is 0 Å². The van der Waals surface area contributed by atoms with Crippen LogP contribution in [-0.2, 0) is 12.8 Å². The highest BCUT2D eigenvalue weighted by atomic mass is 16.5. The quantitative estimate of drug-likeness (QED) is 0.643. The number of likely N-dealkylation sites (N-methyl/N-ethyl adjacent to an activating group) is 1. The van der Waals surface area contributed by atoms with Crippen molar-refractivity contribution in [2.24, 2.45) is 0 Å². The van der Waals surface area contributed by atoms with Crippen molar-refractivity contribution in [3.63, 3.8) is 0 Å². The summed E-state index contributed by atoms with van der Waals surface area (Å²) >= 11 is 0. The molecule has 2 heteroatoms. The first-order valence-corrected chi connectivity index (χ1v) is 8.15. The predicted molar refractivity (Wildman–Crippen MR) is 93.6 cm³/mol. The van der Waals surface area contributed by atoms with Crippen molar-refractivity contribution in [1.29, 1.82) is 0 Å². The van der Waals surface area contributed by atoms with Crippen LogP contribution in [0.4, 0.5) is 0 Å². The molecule has 0 radical (unpaired) electrons. The number of para-hydroxylation sites is 1. The smallest absolute Gasteiger partial charge is 0.122 e. The highest BCUT2D eigenvalue weighted by Crippen LogP contribution is 2.20. The molecule has 0 aliphatic carbocycles. The van der Waals surface area contributed by atoms with E-state index in [0.717, 1.165) is 31.7 Å². The molecule has 22 heavy (non-hydrogen) atoms. The van der Waals surface area contributed by atoms with E-state index in [-0.39, 0.29) is 0 Å². The van der Waals surface area contributed by atoms with Crippen LogP contribution >= 0.6 is 0 Å². The van der Waals surface area contributed by atoms with Crippen molar-refractivity contribution in [1.82, 2.24) is 4.90 Å². The Hall–Kier alpha value is -1.80. The van der Waals surface area contributed by atoms with Gasteiger partial charge in [-0.3, -0.25) is 0 Å².